The van der Waals surface area contributed by atoms with Gasteiger partial charge in [0, 0.05) is 5.69 Å². The highest BCUT2D eigenvalue weighted by Crippen LogP contribution is 2.18. The number of aliphatic hydroxyl groups excluding tert-OH is 1. The molecule has 1 heterocycles. The van der Waals surface area contributed by atoms with Crippen LogP contribution in [0.2, 0.25) is 0 Å². The predicted octanol–water partition coefficient (Wildman–Crippen LogP) is -1.31. The zero-order chi connectivity index (χ0) is 16.7. The van der Waals surface area contributed by atoms with Gasteiger partial charge in [-0.15, -0.1) is 0 Å². The van der Waals surface area contributed by atoms with E-state index in [-0.39, 0.29) is 6.10 Å². The average molecular weight is 323 g/mol. The smallest absolute Gasteiger partial charge is 0.152 e. The largest absolute Gasteiger partial charge is 0.497 e. The SMILES string of the molecule is CC[NH+](CC)C[C@@H](O)C[NH+]1CCN(c2ccc(OC)cc2)CC1. The van der Waals surface area contributed by atoms with E-state index >= 15 is 0 Å². The molecule has 5 nitrogen and oxygen atoms in total. The molecule has 1 aromatic carbocycles. The summed E-state index contributed by atoms with van der Waals surface area (Å²) in [6.07, 6.45) is -0.188. The molecule has 0 aliphatic carbocycles. The van der Waals surface area contributed by atoms with Crippen molar-refractivity contribution in [3.05, 3.63) is 24.3 Å². The van der Waals surface area contributed by atoms with Crippen molar-refractivity contribution in [3.63, 3.8) is 0 Å². The summed E-state index contributed by atoms with van der Waals surface area (Å²) < 4.78 is 5.21. The molecular weight excluding hydrogens is 290 g/mol. The number of nitrogens with zero attached hydrogens (tertiary/aromatic N) is 1. The van der Waals surface area contributed by atoms with Gasteiger partial charge in [0.15, 0.2) is 6.10 Å². The van der Waals surface area contributed by atoms with Gasteiger partial charge in [-0.3, -0.25) is 0 Å². The summed E-state index contributed by atoms with van der Waals surface area (Å²) in [7, 11) is 1.70. The zero-order valence-corrected chi connectivity index (χ0v) is 14.8. The van der Waals surface area contributed by atoms with Crippen molar-refractivity contribution >= 4 is 5.69 Å². The number of quaternary nitrogens is 2. The number of methoxy groups -OCH3 is 1. The fraction of sp³-hybridized carbons (Fsp3) is 0.667. The lowest BCUT2D eigenvalue weighted by molar-refractivity contribution is -0.923. The van der Waals surface area contributed by atoms with E-state index in [1.165, 1.54) is 15.5 Å². The number of hydrogen-bond acceptors (Lipinski definition) is 3. The van der Waals surface area contributed by atoms with Crippen LogP contribution in [0.4, 0.5) is 5.69 Å². The molecule has 0 radical (unpaired) electrons. The molecule has 1 atom stereocenters. The number of rotatable bonds is 8. The maximum atomic E-state index is 10.3. The molecule has 1 fully saturated rings. The van der Waals surface area contributed by atoms with Crippen molar-refractivity contribution in [2.75, 3.05) is 64.4 Å². The number of ether oxygens (including phenoxy) is 1. The van der Waals surface area contributed by atoms with Crippen LogP contribution in [-0.4, -0.2) is 70.7 Å². The van der Waals surface area contributed by atoms with Crippen LogP contribution in [0.25, 0.3) is 0 Å². The Balaban J connectivity index is 1.76. The van der Waals surface area contributed by atoms with Crippen LogP contribution in [0.1, 0.15) is 13.8 Å². The molecule has 23 heavy (non-hydrogen) atoms. The maximum absolute atomic E-state index is 10.3. The zero-order valence-electron chi connectivity index (χ0n) is 14.8. The lowest BCUT2D eigenvalue weighted by Crippen LogP contribution is -3.18. The highest BCUT2D eigenvalue weighted by atomic mass is 16.5. The van der Waals surface area contributed by atoms with Gasteiger partial charge in [0.2, 0.25) is 0 Å². The summed E-state index contributed by atoms with van der Waals surface area (Å²) in [6, 6.07) is 8.29. The summed E-state index contributed by atoms with van der Waals surface area (Å²) in [5.41, 5.74) is 1.26. The Hall–Kier alpha value is -1.30. The van der Waals surface area contributed by atoms with E-state index in [2.05, 4.69) is 30.9 Å². The number of hydrogen-bond donors (Lipinski definition) is 3. The van der Waals surface area contributed by atoms with Gasteiger partial charge in [0.05, 0.1) is 46.4 Å². The van der Waals surface area contributed by atoms with Gasteiger partial charge >= 0.3 is 0 Å². The quantitative estimate of drug-likeness (QED) is 0.556. The van der Waals surface area contributed by atoms with Crippen LogP contribution in [0.15, 0.2) is 24.3 Å². The maximum Gasteiger partial charge on any atom is 0.152 e. The van der Waals surface area contributed by atoms with Gasteiger partial charge in [-0.05, 0) is 38.1 Å². The number of aliphatic hydroxyl groups is 1. The first-order chi connectivity index (χ1) is 11.2. The Morgan fingerprint density at radius 3 is 2.30 bits per heavy atom. The molecule has 1 aliphatic rings. The van der Waals surface area contributed by atoms with Gasteiger partial charge in [0.1, 0.15) is 18.8 Å². The molecule has 5 heteroatoms. The van der Waals surface area contributed by atoms with Crippen molar-refractivity contribution < 1.29 is 19.6 Å². The van der Waals surface area contributed by atoms with Gasteiger partial charge < -0.3 is 24.5 Å². The standard InChI is InChI=1S/C18H31N3O2/c1-4-19(5-2)14-17(22)15-20-10-12-21(13-11-20)16-6-8-18(23-3)9-7-16/h6-9,17,22H,4-5,10-15H2,1-3H3/p+2/t17-/m1/s1. The van der Waals surface area contributed by atoms with Crippen molar-refractivity contribution in [2.24, 2.45) is 0 Å². The summed E-state index contributed by atoms with van der Waals surface area (Å²) >= 11 is 0. The van der Waals surface area contributed by atoms with Crippen LogP contribution >= 0.6 is 0 Å². The third kappa shape index (κ3) is 5.37. The molecule has 2 rings (SSSR count). The lowest BCUT2D eigenvalue weighted by Gasteiger charge is -2.34. The number of anilines is 1. The van der Waals surface area contributed by atoms with E-state index in [1.54, 1.807) is 7.11 Å². The molecule has 0 aromatic heterocycles. The molecule has 1 saturated heterocycles. The number of piperazine rings is 1. The monoisotopic (exact) mass is 323 g/mol. The number of likely N-dealkylation sites (N-methyl/N-ethyl adjacent to an activating group) is 1. The molecule has 0 saturated carbocycles. The fourth-order valence-electron chi connectivity index (χ4n) is 3.36. The lowest BCUT2D eigenvalue weighted by atomic mass is 10.2. The Kier molecular flexibility index (Phi) is 7.15. The second kappa shape index (κ2) is 9.11. The van der Waals surface area contributed by atoms with Crippen LogP contribution in [0, 0.1) is 0 Å². The Morgan fingerprint density at radius 2 is 1.78 bits per heavy atom. The molecule has 3 N–H and O–H groups in total. The first-order valence-electron chi connectivity index (χ1n) is 8.90. The minimum Gasteiger partial charge on any atom is -0.497 e. The van der Waals surface area contributed by atoms with E-state index in [0.717, 1.165) is 58.1 Å². The van der Waals surface area contributed by atoms with Gasteiger partial charge in [-0.1, -0.05) is 0 Å². The third-order valence-corrected chi connectivity index (χ3v) is 4.96. The molecule has 0 spiro atoms. The second-order valence-corrected chi connectivity index (χ2v) is 6.45. The molecule has 0 unspecified atom stereocenters. The van der Waals surface area contributed by atoms with Crippen molar-refractivity contribution in [1.29, 1.82) is 0 Å². The highest BCUT2D eigenvalue weighted by molar-refractivity contribution is 5.49. The second-order valence-electron chi connectivity index (χ2n) is 6.45. The van der Waals surface area contributed by atoms with Crippen LogP contribution in [0.3, 0.4) is 0 Å². The molecular formula is C18H33N3O2+2. The first kappa shape index (κ1) is 18.0. The third-order valence-electron chi connectivity index (χ3n) is 4.96. The van der Waals surface area contributed by atoms with Gasteiger partial charge in [-0.25, -0.2) is 0 Å². The topological polar surface area (TPSA) is 41.6 Å². The van der Waals surface area contributed by atoms with Crippen molar-refractivity contribution in [2.45, 2.75) is 20.0 Å². The van der Waals surface area contributed by atoms with E-state index < -0.39 is 0 Å². The van der Waals surface area contributed by atoms with E-state index in [1.807, 2.05) is 12.1 Å². The number of benzene rings is 1. The normalized spacial score (nSPS) is 17.5. The van der Waals surface area contributed by atoms with Crippen LogP contribution < -0.4 is 19.4 Å². The van der Waals surface area contributed by atoms with E-state index in [4.69, 9.17) is 4.74 Å². The highest BCUT2D eigenvalue weighted by Gasteiger charge is 2.24. The summed E-state index contributed by atoms with van der Waals surface area (Å²) in [6.45, 7) is 12.6. The minimum atomic E-state index is -0.188. The van der Waals surface area contributed by atoms with E-state index in [9.17, 15) is 5.11 Å². The Bertz CT molecular complexity index is 440. The van der Waals surface area contributed by atoms with E-state index in [0.29, 0.717) is 0 Å². The number of nitrogens with one attached hydrogen (secondary N) is 2. The molecule has 0 bridgehead atoms. The van der Waals surface area contributed by atoms with Gasteiger partial charge in [0.25, 0.3) is 0 Å². The summed E-state index contributed by atoms with van der Waals surface area (Å²) in [5, 5.41) is 10.3. The fourth-order valence-corrected chi connectivity index (χ4v) is 3.36. The van der Waals surface area contributed by atoms with Gasteiger partial charge in [-0.2, -0.15) is 0 Å². The summed E-state index contributed by atoms with van der Waals surface area (Å²) in [5.74, 6) is 0.903. The Morgan fingerprint density at radius 1 is 1.17 bits per heavy atom. The average Bonchev–Trinajstić information content (AvgIpc) is 2.60. The summed E-state index contributed by atoms with van der Waals surface area (Å²) in [4.78, 5) is 5.42. The Labute approximate surface area is 140 Å². The minimum absolute atomic E-state index is 0.188. The first-order valence-corrected chi connectivity index (χ1v) is 8.90. The van der Waals surface area contributed by atoms with Crippen molar-refractivity contribution in [1.82, 2.24) is 0 Å². The van der Waals surface area contributed by atoms with Crippen LogP contribution in [0.5, 0.6) is 5.75 Å². The van der Waals surface area contributed by atoms with Crippen molar-refractivity contribution in [3.8, 4) is 5.75 Å². The van der Waals surface area contributed by atoms with Crippen LogP contribution in [-0.2, 0) is 0 Å². The molecule has 1 aliphatic heterocycles. The molecule has 1 aromatic rings. The predicted molar refractivity (Wildman–Crippen MR) is 93.7 cm³/mol. The molecule has 0 amide bonds. The molecule has 130 valence electrons.